The second-order valence-electron chi connectivity index (χ2n) is 3.71. The lowest BCUT2D eigenvalue weighted by atomic mass is 10.2. The molecule has 0 amide bonds. The molecule has 0 bridgehead atoms. The maximum atomic E-state index is 9.07. The van der Waals surface area contributed by atoms with Gasteiger partial charge in [-0.1, -0.05) is 28.1 Å². The molecule has 1 aromatic heterocycles. The van der Waals surface area contributed by atoms with E-state index in [9.17, 15) is 0 Å². The van der Waals surface area contributed by atoms with Crippen LogP contribution in [0.15, 0.2) is 36.7 Å². The highest BCUT2D eigenvalue weighted by atomic mass is 79.9. The number of halogens is 1. The zero-order valence-electron chi connectivity index (χ0n) is 9.84. The molecule has 0 spiro atoms. The number of alkyl halides is 1. The van der Waals surface area contributed by atoms with Gasteiger partial charge in [0, 0.05) is 24.8 Å². The third-order valence-corrected chi connectivity index (χ3v) is 3.18. The Bertz CT molecular complexity index is 574. The number of nitriles is 1. The third kappa shape index (κ3) is 2.49. The monoisotopic (exact) mass is 302 g/mol. The highest BCUT2D eigenvalue weighted by molar-refractivity contribution is 9.08. The number of hydrogen-bond acceptors (Lipinski definition) is 4. The summed E-state index contributed by atoms with van der Waals surface area (Å²) in [7, 11) is 1.85. The molecule has 0 aliphatic carbocycles. The maximum absolute atomic E-state index is 9.07. The van der Waals surface area contributed by atoms with Crippen LogP contribution in [0.2, 0.25) is 0 Å². The fourth-order valence-electron chi connectivity index (χ4n) is 1.56. The van der Waals surface area contributed by atoms with Crippen LogP contribution in [0, 0.1) is 11.3 Å². The van der Waals surface area contributed by atoms with E-state index in [1.165, 1.54) is 0 Å². The number of nitrogens with zero attached hydrogens (tertiary/aromatic N) is 4. The average Bonchev–Trinajstić information content (AvgIpc) is 2.46. The highest BCUT2D eigenvalue weighted by Gasteiger charge is 2.10. The Morgan fingerprint density at radius 2 is 1.94 bits per heavy atom. The van der Waals surface area contributed by atoms with Crippen molar-refractivity contribution in [2.45, 2.75) is 5.33 Å². The quantitative estimate of drug-likeness (QED) is 0.818. The zero-order chi connectivity index (χ0) is 13.0. The predicted octanol–water partition coefficient (Wildman–Crippen LogP) is 3.01. The van der Waals surface area contributed by atoms with E-state index in [-0.39, 0.29) is 0 Å². The summed E-state index contributed by atoms with van der Waals surface area (Å²) in [5, 5.41) is 9.80. The Morgan fingerprint density at radius 3 is 2.56 bits per heavy atom. The van der Waals surface area contributed by atoms with Crippen LogP contribution in [-0.4, -0.2) is 17.0 Å². The summed E-state index contributed by atoms with van der Waals surface area (Å²) >= 11 is 3.35. The molecule has 2 aromatic rings. The SMILES string of the molecule is CN(c1ncc(CBr)cn1)c1ccccc1C#N. The Hall–Kier alpha value is -1.93. The van der Waals surface area contributed by atoms with Crippen LogP contribution in [-0.2, 0) is 5.33 Å². The second kappa shape index (κ2) is 5.61. The summed E-state index contributed by atoms with van der Waals surface area (Å²) in [5.41, 5.74) is 2.42. The van der Waals surface area contributed by atoms with Gasteiger partial charge in [0.05, 0.1) is 11.3 Å². The highest BCUT2D eigenvalue weighted by Crippen LogP contribution is 2.23. The van der Waals surface area contributed by atoms with Crippen molar-refractivity contribution in [1.29, 1.82) is 5.26 Å². The zero-order valence-corrected chi connectivity index (χ0v) is 11.4. The van der Waals surface area contributed by atoms with E-state index in [4.69, 9.17) is 5.26 Å². The Labute approximate surface area is 114 Å². The first kappa shape index (κ1) is 12.5. The van der Waals surface area contributed by atoms with Gasteiger partial charge >= 0.3 is 0 Å². The van der Waals surface area contributed by atoms with E-state index in [1.54, 1.807) is 23.4 Å². The van der Waals surface area contributed by atoms with E-state index in [2.05, 4.69) is 32.0 Å². The van der Waals surface area contributed by atoms with Gasteiger partial charge in [-0.25, -0.2) is 9.97 Å². The summed E-state index contributed by atoms with van der Waals surface area (Å²) in [5.74, 6) is 0.572. The minimum Gasteiger partial charge on any atom is -0.312 e. The number of hydrogen-bond donors (Lipinski definition) is 0. The maximum Gasteiger partial charge on any atom is 0.229 e. The van der Waals surface area contributed by atoms with Crippen molar-refractivity contribution < 1.29 is 0 Å². The van der Waals surface area contributed by atoms with Crippen molar-refractivity contribution in [1.82, 2.24) is 9.97 Å². The minimum absolute atomic E-state index is 0.572. The molecule has 2 rings (SSSR count). The summed E-state index contributed by atoms with van der Waals surface area (Å²) in [6.07, 6.45) is 3.53. The largest absolute Gasteiger partial charge is 0.312 e. The molecule has 18 heavy (non-hydrogen) atoms. The molecule has 0 saturated carbocycles. The second-order valence-corrected chi connectivity index (χ2v) is 4.27. The van der Waals surface area contributed by atoms with Crippen LogP contribution in [0.5, 0.6) is 0 Å². The molecule has 0 saturated heterocycles. The molecule has 0 N–H and O–H groups in total. The fraction of sp³-hybridized carbons (Fsp3) is 0.154. The van der Waals surface area contributed by atoms with Gasteiger partial charge in [-0.05, 0) is 17.7 Å². The Kier molecular flexibility index (Phi) is 3.90. The number of aromatic nitrogens is 2. The van der Waals surface area contributed by atoms with Crippen molar-refractivity contribution >= 4 is 27.6 Å². The summed E-state index contributed by atoms with van der Waals surface area (Å²) in [6, 6.07) is 9.54. The number of rotatable bonds is 3. The Morgan fingerprint density at radius 1 is 1.28 bits per heavy atom. The molecule has 90 valence electrons. The number of para-hydroxylation sites is 1. The van der Waals surface area contributed by atoms with Crippen molar-refractivity contribution in [2.24, 2.45) is 0 Å². The molecule has 0 aliphatic rings. The molecule has 0 fully saturated rings. The van der Waals surface area contributed by atoms with E-state index in [0.717, 1.165) is 16.6 Å². The first-order valence-corrected chi connectivity index (χ1v) is 6.48. The van der Waals surface area contributed by atoms with Gasteiger partial charge in [0.1, 0.15) is 6.07 Å². The van der Waals surface area contributed by atoms with Crippen LogP contribution >= 0.6 is 15.9 Å². The molecular weight excluding hydrogens is 292 g/mol. The summed E-state index contributed by atoms with van der Waals surface area (Å²) in [6.45, 7) is 0. The van der Waals surface area contributed by atoms with Gasteiger partial charge in [-0.2, -0.15) is 5.26 Å². The molecular formula is C13H11BrN4. The van der Waals surface area contributed by atoms with Crippen LogP contribution in [0.4, 0.5) is 11.6 Å². The predicted molar refractivity (Wildman–Crippen MR) is 73.9 cm³/mol. The summed E-state index contributed by atoms with van der Waals surface area (Å²) in [4.78, 5) is 10.4. The Balaban J connectivity index is 2.35. The first-order valence-electron chi connectivity index (χ1n) is 5.36. The van der Waals surface area contributed by atoms with E-state index < -0.39 is 0 Å². The number of anilines is 2. The van der Waals surface area contributed by atoms with Gasteiger partial charge in [0.25, 0.3) is 0 Å². The smallest absolute Gasteiger partial charge is 0.229 e. The van der Waals surface area contributed by atoms with Gasteiger partial charge in [-0.15, -0.1) is 0 Å². The van der Waals surface area contributed by atoms with Gasteiger partial charge < -0.3 is 4.90 Å². The van der Waals surface area contributed by atoms with Crippen LogP contribution in [0.25, 0.3) is 0 Å². The van der Waals surface area contributed by atoms with Crippen molar-refractivity contribution in [3.63, 3.8) is 0 Å². The fourth-order valence-corrected chi connectivity index (χ4v) is 1.85. The molecule has 0 radical (unpaired) electrons. The molecule has 0 unspecified atom stereocenters. The minimum atomic E-state index is 0.572. The van der Waals surface area contributed by atoms with E-state index in [1.807, 2.05) is 25.2 Å². The van der Waals surface area contributed by atoms with E-state index >= 15 is 0 Å². The lowest BCUT2D eigenvalue weighted by Crippen LogP contribution is -2.14. The van der Waals surface area contributed by atoms with Gasteiger partial charge in [-0.3, -0.25) is 0 Å². The average molecular weight is 303 g/mol. The lowest BCUT2D eigenvalue weighted by molar-refractivity contribution is 1.02. The normalized spacial score (nSPS) is 9.83. The van der Waals surface area contributed by atoms with Gasteiger partial charge in [0.15, 0.2) is 0 Å². The molecule has 0 atom stereocenters. The molecule has 5 heteroatoms. The first-order chi connectivity index (χ1) is 8.76. The topological polar surface area (TPSA) is 52.8 Å². The van der Waals surface area contributed by atoms with Crippen LogP contribution in [0.3, 0.4) is 0 Å². The van der Waals surface area contributed by atoms with Gasteiger partial charge in [0.2, 0.25) is 5.95 Å². The third-order valence-electron chi connectivity index (χ3n) is 2.53. The molecule has 4 nitrogen and oxygen atoms in total. The van der Waals surface area contributed by atoms with Crippen LogP contribution in [0.1, 0.15) is 11.1 Å². The lowest BCUT2D eigenvalue weighted by Gasteiger charge is -2.18. The molecule has 0 aliphatic heterocycles. The summed E-state index contributed by atoms with van der Waals surface area (Å²) < 4.78 is 0. The number of benzene rings is 1. The van der Waals surface area contributed by atoms with Crippen LogP contribution < -0.4 is 4.90 Å². The molecule has 1 heterocycles. The van der Waals surface area contributed by atoms with E-state index in [0.29, 0.717) is 11.5 Å². The van der Waals surface area contributed by atoms with Crippen molar-refractivity contribution in [2.75, 3.05) is 11.9 Å². The standard InChI is InChI=1S/C13H11BrN4/c1-18(12-5-3-2-4-11(12)7-15)13-16-8-10(6-14)9-17-13/h2-5,8-9H,6H2,1H3. The van der Waals surface area contributed by atoms with Crippen molar-refractivity contribution in [3.8, 4) is 6.07 Å². The van der Waals surface area contributed by atoms with Crippen molar-refractivity contribution in [3.05, 3.63) is 47.8 Å². The molecule has 1 aromatic carbocycles.